The van der Waals surface area contributed by atoms with E-state index in [4.69, 9.17) is 4.99 Å². The van der Waals surface area contributed by atoms with Crippen LogP contribution >= 0.6 is 11.8 Å². The summed E-state index contributed by atoms with van der Waals surface area (Å²) in [6.45, 7) is 5.89. The molecule has 1 saturated heterocycles. The molecule has 2 aromatic carbocycles. The Kier molecular flexibility index (Phi) is 9.25. The molecule has 1 heterocycles. The third-order valence-electron chi connectivity index (χ3n) is 6.47. The maximum atomic E-state index is 13.6. The normalized spacial score (nSPS) is 20.7. The number of carbonyl (C=O) groups is 1. The summed E-state index contributed by atoms with van der Waals surface area (Å²) in [5.74, 6) is -0.0474. The van der Waals surface area contributed by atoms with Crippen LogP contribution in [-0.2, 0) is 17.8 Å². The van der Waals surface area contributed by atoms with Crippen LogP contribution in [0.4, 0.5) is 0 Å². The van der Waals surface area contributed by atoms with Crippen LogP contribution < -0.4 is 5.32 Å². The van der Waals surface area contributed by atoms with Crippen molar-refractivity contribution < 1.29 is 9.90 Å². The molecular formula is C30H36N4O2S. The van der Waals surface area contributed by atoms with Crippen LogP contribution in [0.1, 0.15) is 31.4 Å². The number of aliphatic hydroxyl groups is 1. The van der Waals surface area contributed by atoms with Crippen molar-refractivity contribution in [1.82, 2.24) is 15.1 Å². The molecule has 2 atom stereocenters. The molecule has 1 aliphatic heterocycles. The smallest absolute Gasteiger partial charge is 0.268 e. The SMILES string of the molecule is CCNC1=C(N=C2S/C(=C\N(C)CCc3ccccc3)C(=O)N2Cc2ccccc2)CC(C(C)O)C=C1. The van der Waals surface area contributed by atoms with E-state index in [0.717, 1.165) is 36.5 Å². The standard InChI is InChI=1S/C30H36N4O2S/c1-4-31-26-16-15-25(22(2)35)19-27(26)32-30-34(20-24-13-9-6-10-14-24)29(36)28(37-30)21-33(3)18-17-23-11-7-5-8-12-23/h5-16,21-22,25,31,35H,4,17-20H2,1-3H3/b28-21-,32-30?. The van der Waals surface area contributed by atoms with Crippen molar-refractivity contribution in [1.29, 1.82) is 0 Å². The number of aliphatic imine (C=N–C) groups is 1. The number of hydrogen-bond acceptors (Lipinski definition) is 6. The van der Waals surface area contributed by atoms with Crippen LogP contribution in [0.3, 0.4) is 0 Å². The Bertz CT molecular complexity index is 1190. The number of amides is 1. The molecule has 1 fully saturated rings. The fraction of sp³-hybridized carbons (Fsp3) is 0.333. The fourth-order valence-electron chi connectivity index (χ4n) is 4.32. The van der Waals surface area contributed by atoms with Crippen LogP contribution in [0.2, 0.25) is 0 Å². The van der Waals surface area contributed by atoms with Gasteiger partial charge in [0.1, 0.15) is 0 Å². The topological polar surface area (TPSA) is 68.2 Å². The minimum Gasteiger partial charge on any atom is -0.393 e. The van der Waals surface area contributed by atoms with Crippen molar-refractivity contribution in [3.63, 3.8) is 0 Å². The van der Waals surface area contributed by atoms with E-state index >= 15 is 0 Å². The van der Waals surface area contributed by atoms with E-state index in [0.29, 0.717) is 23.0 Å². The van der Waals surface area contributed by atoms with Gasteiger partial charge >= 0.3 is 0 Å². The summed E-state index contributed by atoms with van der Waals surface area (Å²) in [5.41, 5.74) is 4.13. The predicted molar refractivity (Wildman–Crippen MR) is 153 cm³/mol. The number of amidine groups is 1. The number of nitrogens with zero attached hydrogens (tertiary/aromatic N) is 3. The lowest BCUT2D eigenvalue weighted by Crippen LogP contribution is -2.30. The van der Waals surface area contributed by atoms with E-state index < -0.39 is 6.10 Å². The summed E-state index contributed by atoms with van der Waals surface area (Å²) in [7, 11) is 2.01. The van der Waals surface area contributed by atoms with Crippen LogP contribution in [0, 0.1) is 5.92 Å². The summed E-state index contributed by atoms with van der Waals surface area (Å²) in [4.78, 5) is 23.1. The van der Waals surface area contributed by atoms with E-state index in [1.807, 2.05) is 80.9 Å². The predicted octanol–water partition coefficient (Wildman–Crippen LogP) is 4.91. The second-order valence-corrected chi connectivity index (χ2v) is 10.5. The maximum absolute atomic E-state index is 13.6. The fourth-order valence-corrected chi connectivity index (χ4v) is 5.36. The minimum absolute atomic E-state index is 0.00873. The highest BCUT2D eigenvalue weighted by Crippen LogP contribution is 2.35. The highest BCUT2D eigenvalue weighted by atomic mass is 32.2. The van der Waals surface area contributed by atoms with E-state index in [2.05, 4.69) is 22.3 Å². The number of allylic oxidation sites excluding steroid dienone is 2. The van der Waals surface area contributed by atoms with Crippen molar-refractivity contribution in [2.75, 3.05) is 20.1 Å². The van der Waals surface area contributed by atoms with Crippen molar-refractivity contribution in [2.24, 2.45) is 10.9 Å². The Morgan fingerprint density at radius 2 is 1.84 bits per heavy atom. The highest BCUT2D eigenvalue weighted by Gasteiger charge is 2.34. The molecule has 2 unspecified atom stereocenters. The minimum atomic E-state index is -0.471. The summed E-state index contributed by atoms with van der Waals surface area (Å²) in [5, 5.41) is 14.3. The lowest BCUT2D eigenvalue weighted by Gasteiger charge is -2.24. The first-order valence-corrected chi connectivity index (χ1v) is 13.7. The second-order valence-electron chi connectivity index (χ2n) is 9.44. The Balaban J connectivity index is 1.61. The zero-order valence-electron chi connectivity index (χ0n) is 21.8. The van der Waals surface area contributed by atoms with Crippen LogP contribution in [0.5, 0.6) is 0 Å². The third kappa shape index (κ3) is 7.14. The molecule has 0 spiro atoms. The summed E-state index contributed by atoms with van der Waals surface area (Å²) >= 11 is 1.42. The molecule has 1 amide bonds. The van der Waals surface area contributed by atoms with Gasteiger partial charge < -0.3 is 15.3 Å². The van der Waals surface area contributed by atoms with Gasteiger partial charge in [0, 0.05) is 38.7 Å². The molecule has 2 aliphatic rings. The van der Waals surface area contributed by atoms with E-state index in [1.54, 1.807) is 11.8 Å². The quantitative estimate of drug-likeness (QED) is 0.439. The zero-order chi connectivity index (χ0) is 26.2. The van der Waals surface area contributed by atoms with Gasteiger partial charge in [0.2, 0.25) is 0 Å². The molecule has 6 nitrogen and oxygen atoms in total. The van der Waals surface area contributed by atoms with E-state index in [-0.39, 0.29) is 11.8 Å². The maximum Gasteiger partial charge on any atom is 0.268 e. The summed E-state index contributed by atoms with van der Waals surface area (Å²) in [6.07, 6.45) is 7.02. The van der Waals surface area contributed by atoms with Crippen molar-refractivity contribution >= 4 is 22.8 Å². The van der Waals surface area contributed by atoms with Crippen molar-refractivity contribution in [3.8, 4) is 0 Å². The van der Waals surface area contributed by atoms with Crippen molar-refractivity contribution in [3.05, 3.63) is 106 Å². The molecule has 2 aromatic rings. The highest BCUT2D eigenvalue weighted by molar-refractivity contribution is 8.18. The molecule has 37 heavy (non-hydrogen) atoms. The number of hydrogen-bond donors (Lipinski definition) is 2. The first kappa shape index (κ1) is 26.8. The lowest BCUT2D eigenvalue weighted by molar-refractivity contribution is -0.122. The van der Waals surface area contributed by atoms with Gasteiger partial charge in [-0.1, -0.05) is 66.7 Å². The number of benzene rings is 2. The third-order valence-corrected chi connectivity index (χ3v) is 7.47. The molecule has 7 heteroatoms. The summed E-state index contributed by atoms with van der Waals surface area (Å²) < 4.78 is 0. The Hall–Kier alpha value is -3.29. The average Bonchev–Trinajstić information content (AvgIpc) is 3.18. The monoisotopic (exact) mass is 516 g/mol. The largest absolute Gasteiger partial charge is 0.393 e. The molecule has 0 aromatic heterocycles. The number of aliphatic hydroxyl groups excluding tert-OH is 1. The Labute approximate surface area is 224 Å². The Morgan fingerprint density at radius 3 is 2.49 bits per heavy atom. The Morgan fingerprint density at radius 1 is 1.16 bits per heavy atom. The van der Waals surface area contributed by atoms with Gasteiger partial charge in [-0.2, -0.15) is 0 Å². The van der Waals surface area contributed by atoms with Gasteiger partial charge in [-0.05, 0) is 49.2 Å². The first-order chi connectivity index (χ1) is 17.9. The summed E-state index contributed by atoms with van der Waals surface area (Å²) in [6, 6.07) is 20.4. The van der Waals surface area contributed by atoms with Gasteiger partial charge in [0.05, 0.1) is 28.9 Å². The van der Waals surface area contributed by atoms with Gasteiger partial charge in [0.15, 0.2) is 5.17 Å². The van der Waals surface area contributed by atoms with Gasteiger partial charge in [0.25, 0.3) is 5.91 Å². The number of likely N-dealkylation sites (N-methyl/N-ethyl adjacent to an activating group) is 2. The van der Waals surface area contributed by atoms with E-state index in [9.17, 15) is 9.90 Å². The molecule has 4 rings (SSSR count). The molecule has 0 bridgehead atoms. The van der Waals surface area contributed by atoms with Crippen LogP contribution in [-0.4, -0.2) is 52.2 Å². The van der Waals surface area contributed by atoms with Crippen LogP contribution in [0.25, 0.3) is 0 Å². The molecular weight excluding hydrogens is 480 g/mol. The molecule has 1 aliphatic carbocycles. The van der Waals surface area contributed by atoms with E-state index in [1.165, 1.54) is 17.3 Å². The van der Waals surface area contributed by atoms with Crippen molar-refractivity contribution in [2.45, 2.75) is 39.3 Å². The van der Waals surface area contributed by atoms with Gasteiger partial charge in [-0.3, -0.25) is 9.69 Å². The second kappa shape index (κ2) is 12.8. The van der Waals surface area contributed by atoms with Gasteiger partial charge in [-0.15, -0.1) is 0 Å². The number of rotatable bonds is 10. The van der Waals surface area contributed by atoms with Gasteiger partial charge in [-0.25, -0.2) is 4.99 Å². The molecule has 0 radical (unpaired) electrons. The zero-order valence-corrected chi connectivity index (χ0v) is 22.6. The molecule has 194 valence electrons. The molecule has 2 N–H and O–H groups in total. The molecule has 0 saturated carbocycles. The lowest BCUT2D eigenvalue weighted by atomic mass is 9.92. The number of nitrogens with one attached hydrogen (secondary N) is 1. The van der Waals surface area contributed by atoms with Crippen LogP contribution in [0.15, 0.2) is 100 Å². The first-order valence-electron chi connectivity index (χ1n) is 12.9. The number of thioether (sulfide) groups is 1. The number of carbonyl (C=O) groups excluding carboxylic acids is 1. The average molecular weight is 517 g/mol.